The van der Waals surface area contributed by atoms with E-state index in [-0.39, 0.29) is 5.91 Å². The van der Waals surface area contributed by atoms with Crippen LogP contribution in [0.5, 0.6) is 0 Å². The minimum atomic E-state index is 0.206. The molecule has 2 atom stereocenters. The first kappa shape index (κ1) is 9.40. The Bertz CT molecular complexity index is 391. The van der Waals surface area contributed by atoms with Gasteiger partial charge in [0.25, 0.3) is 5.91 Å². The van der Waals surface area contributed by atoms with Crippen molar-refractivity contribution in [1.82, 2.24) is 4.90 Å². The van der Waals surface area contributed by atoms with Gasteiger partial charge in [0.05, 0.1) is 12.1 Å². The first-order valence-corrected chi connectivity index (χ1v) is 6.15. The summed E-state index contributed by atoms with van der Waals surface area (Å²) >= 11 is 3.37. The van der Waals surface area contributed by atoms with Gasteiger partial charge in [0, 0.05) is 10.0 Å². The number of rotatable bonds is 1. The van der Waals surface area contributed by atoms with Crippen molar-refractivity contribution in [3.63, 3.8) is 0 Å². The van der Waals surface area contributed by atoms with E-state index in [1.165, 1.54) is 19.3 Å². The molecule has 15 heavy (non-hydrogen) atoms. The molecule has 3 rings (SSSR count). The highest BCUT2D eigenvalue weighted by Crippen LogP contribution is 2.43. The molecule has 0 aromatic heterocycles. The second kappa shape index (κ2) is 3.34. The van der Waals surface area contributed by atoms with Crippen molar-refractivity contribution in [3.05, 3.63) is 34.3 Å². The lowest BCUT2D eigenvalue weighted by atomic mass is 10.2. The summed E-state index contributed by atoms with van der Waals surface area (Å²) in [6.45, 7) is 0. The first-order valence-electron chi connectivity index (χ1n) is 5.35. The molecule has 1 aromatic rings. The smallest absolute Gasteiger partial charge is 0.254 e. The number of hydrogen-bond donors (Lipinski definition) is 0. The summed E-state index contributed by atoms with van der Waals surface area (Å²) in [7, 11) is 0. The number of hydrogen-bond acceptors (Lipinski definition) is 1. The van der Waals surface area contributed by atoms with Crippen LogP contribution < -0.4 is 0 Å². The van der Waals surface area contributed by atoms with E-state index in [9.17, 15) is 4.79 Å². The Morgan fingerprint density at radius 1 is 1.20 bits per heavy atom. The van der Waals surface area contributed by atoms with Gasteiger partial charge in [-0.05, 0) is 43.5 Å². The number of nitrogens with zero attached hydrogens (tertiary/aromatic N) is 1. The van der Waals surface area contributed by atoms with Gasteiger partial charge in [0.2, 0.25) is 0 Å². The lowest BCUT2D eigenvalue weighted by Gasteiger charge is -2.07. The molecule has 3 heteroatoms. The van der Waals surface area contributed by atoms with Crippen LogP contribution >= 0.6 is 15.9 Å². The summed E-state index contributed by atoms with van der Waals surface area (Å²) in [5.74, 6) is 0.206. The quantitative estimate of drug-likeness (QED) is 0.716. The zero-order chi connectivity index (χ0) is 10.4. The maximum absolute atomic E-state index is 12.0. The fraction of sp³-hybridized carbons (Fsp3) is 0.417. The number of piperidine rings is 1. The monoisotopic (exact) mass is 265 g/mol. The van der Waals surface area contributed by atoms with Gasteiger partial charge in [-0.1, -0.05) is 15.9 Å². The molecule has 1 aliphatic carbocycles. The third-order valence-electron chi connectivity index (χ3n) is 3.39. The number of fused-ring (bicyclic) bond motifs is 1. The average Bonchev–Trinajstić information content (AvgIpc) is 2.72. The van der Waals surface area contributed by atoms with Crippen molar-refractivity contribution in [3.8, 4) is 0 Å². The minimum absolute atomic E-state index is 0.206. The van der Waals surface area contributed by atoms with Crippen LogP contribution in [0.1, 0.15) is 29.6 Å². The number of carbonyl (C=O) groups excluding carboxylic acids is 1. The van der Waals surface area contributed by atoms with Crippen LogP contribution in [0.2, 0.25) is 0 Å². The van der Waals surface area contributed by atoms with Crippen LogP contribution in [0.15, 0.2) is 28.7 Å². The number of likely N-dealkylation sites (tertiary alicyclic amines) is 1. The Morgan fingerprint density at radius 3 is 2.40 bits per heavy atom. The van der Waals surface area contributed by atoms with Crippen molar-refractivity contribution in [1.29, 1.82) is 0 Å². The molecular weight excluding hydrogens is 254 g/mol. The Hall–Kier alpha value is -0.830. The predicted molar refractivity (Wildman–Crippen MR) is 61.7 cm³/mol. The van der Waals surface area contributed by atoms with Crippen LogP contribution in [0.25, 0.3) is 0 Å². The van der Waals surface area contributed by atoms with E-state index in [1.54, 1.807) is 0 Å². The molecule has 1 amide bonds. The van der Waals surface area contributed by atoms with E-state index in [4.69, 9.17) is 0 Å². The van der Waals surface area contributed by atoms with Crippen molar-refractivity contribution in [2.24, 2.45) is 0 Å². The third-order valence-corrected chi connectivity index (χ3v) is 3.92. The normalized spacial score (nSPS) is 27.7. The van der Waals surface area contributed by atoms with E-state index in [0.29, 0.717) is 12.1 Å². The van der Waals surface area contributed by atoms with E-state index in [0.717, 1.165) is 10.0 Å². The molecule has 2 unspecified atom stereocenters. The van der Waals surface area contributed by atoms with Gasteiger partial charge in [-0.2, -0.15) is 0 Å². The van der Waals surface area contributed by atoms with Crippen LogP contribution in [0, 0.1) is 0 Å². The van der Waals surface area contributed by atoms with E-state index >= 15 is 0 Å². The molecule has 0 spiro atoms. The van der Waals surface area contributed by atoms with Crippen molar-refractivity contribution >= 4 is 21.8 Å². The van der Waals surface area contributed by atoms with Crippen LogP contribution in [-0.2, 0) is 0 Å². The highest BCUT2D eigenvalue weighted by atomic mass is 79.9. The van der Waals surface area contributed by atoms with E-state index < -0.39 is 0 Å². The lowest BCUT2D eigenvalue weighted by molar-refractivity contribution is 0.0856. The Morgan fingerprint density at radius 2 is 1.80 bits per heavy atom. The van der Waals surface area contributed by atoms with Crippen LogP contribution in [-0.4, -0.2) is 22.9 Å². The van der Waals surface area contributed by atoms with Crippen molar-refractivity contribution in [2.45, 2.75) is 31.3 Å². The summed E-state index contributed by atoms with van der Waals surface area (Å²) in [4.78, 5) is 14.1. The molecule has 1 heterocycles. The lowest BCUT2D eigenvalue weighted by Crippen LogP contribution is -2.16. The number of amides is 1. The summed E-state index contributed by atoms with van der Waals surface area (Å²) in [6.07, 6.45) is 3.69. The molecule has 2 aliphatic rings. The van der Waals surface area contributed by atoms with Crippen molar-refractivity contribution in [2.75, 3.05) is 0 Å². The molecule has 1 aliphatic heterocycles. The number of halogens is 1. The molecule has 1 saturated carbocycles. The highest BCUT2D eigenvalue weighted by Gasteiger charge is 2.53. The van der Waals surface area contributed by atoms with E-state index in [2.05, 4.69) is 15.9 Å². The van der Waals surface area contributed by atoms with Gasteiger partial charge >= 0.3 is 0 Å². The molecule has 2 nitrogen and oxygen atoms in total. The van der Waals surface area contributed by atoms with Gasteiger partial charge < -0.3 is 4.90 Å². The average molecular weight is 266 g/mol. The molecule has 0 radical (unpaired) electrons. The van der Waals surface area contributed by atoms with Gasteiger partial charge in [-0.15, -0.1) is 0 Å². The predicted octanol–water partition coefficient (Wildman–Crippen LogP) is 2.83. The zero-order valence-corrected chi connectivity index (χ0v) is 9.90. The second-order valence-electron chi connectivity index (χ2n) is 4.28. The molecule has 1 saturated heterocycles. The summed E-state index contributed by atoms with van der Waals surface area (Å²) in [5.41, 5.74) is 0.813. The fourth-order valence-electron chi connectivity index (χ4n) is 2.58. The Kier molecular flexibility index (Phi) is 2.09. The molecular formula is C12H12BrNO. The van der Waals surface area contributed by atoms with Crippen molar-refractivity contribution < 1.29 is 4.79 Å². The fourth-order valence-corrected chi connectivity index (χ4v) is 2.84. The maximum atomic E-state index is 12.0. The molecule has 0 bridgehead atoms. The Labute approximate surface area is 97.4 Å². The van der Waals surface area contributed by atoms with Gasteiger partial charge in [-0.3, -0.25) is 4.79 Å². The minimum Gasteiger partial charge on any atom is -0.329 e. The topological polar surface area (TPSA) is 20.1 Å². The largest absolute Gasteiger partial charge is 0.329 e. The highest BCUT2D eigenvalue weighted by molar-refractivity contribution is 9.10. The summed E-state index contributed by atoms with van der Waals surface area (Å²) < 4.78 is 1.02. The van der Waals surface area contributed by atoms with E-state index in [1.807, 2.05) is 29.2 Å². The van der Waals surface area contributed by atoms with Crippen LogP contribution in [0.4, 0.5) is 0 Å². The number of benzene rings is 1. The maximum Gasteiger partial charge on any atom is 0.254 e. The van der Waals surface area contributed by atoms with Crippen LogP contribution in [0.3, 0.4) is 0 Å². The molecule has 0 N–H and O–H groups in total. The zero-order valence-electron chi connectivity index (χ0n) is 8.32. The third kappa shape index (κ3) is 1.49. The summed E-state index contributed by atoms with van der Waals surface area (Å²) in [5, 5.41) is 0. The standard InChI is InChI=1S/C12H12BrNO/c13-9-6-4-8(5-7-9)12(15)14-10-2-1-3-11(10)14/h4-7,10-11H,1-3H2. The number of carbonyl (C=O) groups is 1. The Balaban J connectivity index is 1.78. The van der Waals surface area contributed by atoms with Gasteiger partial charge in [0.15, 0.2) is 0 Å². The SMILES string of the molecule is O=C(c1ccc(Br)cc1)N1C2CCCC21. The molecule has 78 valence electrons. The molecule has 2 fully saturated rings. The molecule has 1 aromatic carbocycles. The second-order valence-corrected chi connectivity index (χ2v) is 5.20. The first-order chi connectivity index (χ1) is 7.27. The summed E-state index contributed by atoms with van der Waals surface area (Å²) in [6, 6.07) is 8.74. The van der Waals surface area contributed by atoms with Gasteiger partial charge in [0.1, 0.15) is 0 Å². The van der Waals surface area contributed by atoms with Gasteiger partial charge in [-0.25, -0.2) is 0 Å².